The number of primary amides is 1. The molecule has 0 aromatic rings. The van der Waals surface area contributed by atoms with Crippen molar-refractivity contribution >= 4 is 12.0 Å². The average Bonchev–Trinajstić information content (AvgIpc) is 2.14. The summed E-state index contributed by atoms with van der Waals surface area (Å²) >= 11 is 0. The van der Waals surface area contributed by atoms with E-state index in [0.717, 1.165) is 0 Å². The smallest absolute Gasteiger partial charge is 0.410 e. The van der Waals surface area contributed by atoms with E-state index in [0.29, 0.717) is 19.6 Å². The molecule has 1 heterocycles. The van der Waals surface area contributed by atoms with E-state index in [1.54, 1.807) is 0 Å². The summed E-state index contributed by atoms with van der Waals surface area (Å²) in [7, 11) is 1.82. The summed E-state index contributed by atoms with van der Waals surface area (Å²) in [6, 6.07) is -0.434. The number of likely N-dealkylation sites (N-methyl/N-ethyl adjacent to an activating group) is 1. The number of piperazine rings is 1. The van der Waals surface area contributed by atoms with E-state index < -0.39 is 23.6 Å². The van der Waals surface area contributed by atoms with Gasteiger partial charge in [-0.2, -0.15) is 0 Å². The summed E-state index contributed by atoms with van der Waals surface area (Å²) in [6.45, 7) is 6.90. The van der Waals surface area contributed by atoms with Gasteiger partial charge >= 0.3 is 6.09 Å². The van der Waals surface area contributed by atoms with Crippen molar-refractivity contribution in [1.82, 2.24) is 9.80 Å². The molecule has 0 saturated carbocycles. The van der Waals surface area contributed by atoms with Gasteiger partial charge in [-0.05, 0) is 27.8 Å². The highest BCUT2D eigenvalue weighted by Crippen LogP contribution is 2.13. The normalized spacial score (nSPS) is 22.4. The third-order valence-corrected chi connectivity index (χ3v) is 2.63. The fraction of sp³-hybridized carbons (Fsp3) is 0.818. The van der Waals surface area contributed by atoms with Gasteiger partial charge in [0.2, 0.25) is 5.91 Å². The van der Waals surface area contributed by atoms with Crippen molar-refractivity contribution in [3.63, 3.8) is 0 Å². The number of amides is 2. The molecule has 1 fully saturated rings. The maximum absolute atomic E-state index is 11.8. The summed E-state index contributed by atoms with van der Waals surface area (Å²) < 4.78 is 5.26. The van der Waals surface area contributed by atoms with E-state index in [4.69, 9.17) is 10.5 Å². The van der Waals surface area contributed by atoms with E-state index in [-0.39, 0.29) is 0 Å². The molecule has 0 aliphatic carbocycles. The van der Waals surface area contributed by atoms with Crippen molar-refractivity contribution in [2.45, 2.75) is 32.4 Å². The lowest BCUT2D eigenvalue weighted by Gasteiger charge is -2.38. The van der Waals surface area contributed by atoms with Gasteiger partial charge in [0.25, 0.3) is 0 Å². The largest absolute Gasteiger partial charge is 0.444 e. The van der Waals surface area contributed by atoms with Crippen molar-refractivity contribution in [2.75, 3.05) is 26.7 Å². The van der Waals surface area contributed by atoms with Gasteiger partial charge in [-0.1, -0.05) is 0 Å². The zero-order valence-electron chi connectivity index (χ0n) is 10.9. The lowest BCUT2D eigenvalue weighted by Crippen LogP contribution is -2.58. The third-order valence-electron chi connectivity index (χ3n) is 2.63. The zero-order valence-corrected chi connectivity index (χ0v) is 10.9. The molecule has 1 saturated heterocycles. The van der Waals surface area contributed by atoms with Crippen LogP contribution >= 0.6 is 0 Å². The Morgan fingerprint density at radius 1 is 1.29 bits per heavy atom. The minimum absolute atomic E-state index is 0.292. The SMILES string of the molecule is CN1CCN(C(=O)OC(C)(C)C)CC1C(N)=O. The first kappa shape index (κ1) is 13.8. The lowest BCUT2D eigenvalue weighted by molar-refractivity contribution is -0.124. The molecular formula is C11H21N3O3. The van der Waals surface area contributed by atoms with Crippen molar-refractivity contribution in [3.8, 4) is 0 Å². The topological polar surface area (TPSA) is 75.9 Å². The Morgan fingerprint density at radius 3 is 2.35 bits per heavy atom. The number of carbonyl (C=O) groups excluding carboxylic acids is 2. The van der Waals surface area contributed by atoms with E-state index in [1.165, 1.54) is 4.90 Å². The van der Waals surface area contributed by atoms with Gasteiger partial charge in [0, 0.05) is 19.6 Å². The maximum Gasteiger partial charge on any atom is 0.410 e. The van der Waals surface area contributed by atoms with Gasteiger partial charge in [-0.25, -0.2) is 4.79 Å². The quantitative estimate of drug-likeness (QED) is 0.704. The van der Waals surface area contributed by atoms with E-state index in [1.807, 2.05) is 32.7 Å². The van der Waals surface area contributed by atoms with E-state index >= 15 is 0 Å². The van der Waals surface area contributed by atoms with Crippen LogP contribution in [0.5, 0.6) is 0 Å². The molecule has 2 amide bonds. The highest BCUT2D eigenvalue weighted by Gasteiger charge is 2.32. The minimum atomic E-state index is -0.525. The molecule has 0 spiro atoms. The number of nitrogens with zero attached hydrogens (tertiary/aromatic N) is 2. The Bertz CT molecular complexity index is 312. The van der Waals surface area contributed by atoms with Crippen LogP contribution in [0.3, 0.4) is 0 Å². The van der Waals surface area contributed by atoms with Crippen LogP contribution in [0.15, 0.2) is 0 Å². The van der Waals surface area contributed by atoms with Gasteiger partial charge in [0.15, 0.2) is 0 Å². The molecule has 0 aromatic heterocycles. The van der Waals surface area contributed by atoms with Crippen LogP contribution in [0, 0.1) is 0 Å². The number of hydrogen-bond donors (Lipinski definition) is 1. The predicted molar refractivity (Wildman–Crippen MR) is 63.4 cm³/mol. The van der Waals surface area contributed by atoms with Gasteiger partial charge in [0.05, 0.1) is 0 Å². The van der Waals surface area contributed by atoms with Gasteiger partial charge in [-0.15, -0.1) is 0 Å². The number of hydrogen-bond acceptors (Lipinski definition) is 4. The van der Waals surface area contributed by atoms with Crippen LogP contribution in [-0.2, 0) is 9.53 Å². The van der Waals surface area contributed by atoms with Crippen molar-refractivity contribution < 1.29 is 14.3 Å². The Morgan fingerprint density at radius 2 is 1.88 bits per heavy atom. The molecular weight excluding hydrogens is 222 g/mol. The molecule has 98 valence electrons. The Labute approximate surface area is 102 Å². The Hall–Kier alpha value is -1.30. The molecule has 6 heteroatoms. The predicted octanol–water partition coefficient (Wildman–Crippen LogP) is 0.0228. The molecule has 0 bridgehead atoms. The summed E-state index contributed by atoms with van der Waals surface area (Å²) in [5.74, 6) is -0.416. The standard InChI is InChI=1S/C11H21N3O3/c1-11(2,3)17-10(16)14-6-5-13(4)8(7-14)9(12)15/h8H,5-7H2,1-4H3,(H2,12,15). The van der Waals surface area contributed by atoms with Crippen molar-refractivity contribution in [3.05, 3.63) is 0 Å². The minimum Gasteiger partial charge on any atom is -0.444 e. The molecule has 1 aliphatic rings. The van der Waals surface area contributed by atoms with Gasteiger partial charge < -0.3 is 15.4 Å². The summed E-state index contributed by atoms with van der Waals surface area (Å²) in [4.78, 5) is 26.4. The molecule has 0 aromatic carbocycles. The monoisotopic (exact) mass is 243 g/mol. The summed E-state index contributed by atoms with van der Waals surface area (Å²) in [6.07, 6.45) is -0.392. The van der Waals surface area contributed by atoms with E-state index in [2.05, 4.69) is 0 Å². The van der Waals surface area contributed by atoms with Crippen molar-refractivity contribution in [2.24, 2.45) is 5.73 Å². The Balaban J connectivity index is 2.62. The second-order valence-corrected chi connectivity index (χ2v) is 5.33. The molecule has 2 N–H and O–H groups in total. The molecule has 1 rings (SSSR count). The Kier molecular flexibility index (Phi) is 3.98. The first-order chi connectivity index (χ1) is 7.70. The molecule has 1 atom stereocenters. The van der Waals surface area contributed by atoms with Gasteiger partial charge in [0.1, 0.15) is 11.6 Å². The third kappa shape index (κ3) is 3.89. The number of carbonyl (C=O) groups is 2. The average molecular weight is 243 g/mol. The molecule has 1 unspecified atom stereocenters. The fourth-order valence-corrected chi connectivity index (χ4v) is 1.67. The van der Waals surface area contributed by atoms with Crippen LogP contribution in [0.4, 0.5) is 4.79 Å². The second-order valence-electron chi connectivity index (χ2n) is 5.33. The lowest BCUT2D eigenvalue weighted by atomic mass is 10.1. The van der Waals surface area contributed by atoms with Crippen molar-refractivity contribution in [1.29, 1.82) is 0 Å². The van der Waals surface area contributed by atoms with E-state index in [9.17, 15) is 9.59 Å². The van der Waals surface area contributed by atoms with Crippen LogP contribution in [0.1, 0.15) is 20.8 Å². The second kappa shape index (κ2) is 4.91. The molecule has 0 radical (unpaired) electrons. The summed E-state index contributed by atoms with van der Waals surface area (Å²) in [5.41, 5.74) is 4.76. The number of nitrogens with two attached hydrogens (primary N) is 1. The number of rotatable bonds is 1. The van der Waals surface area contributed by atoms with Crippen LogP contribution in [0.2, 0.25) is 0 Å². The highest BCUT2D eigenvalue weighted by atomic mass is 16.6. The van der Waals surface area contributed by atoms with Crippen LogP contribution in [0.25, 0.3) is 0 Å². The molecule has 17 heavy (non-hydrogen) atoms. The maximum atomic E-state index is 11.8. The van der Waals surface area contributed by atoms with Gasteiger partial charge in [-0.3, -0.25) is 9.69 Å². The number of ether oxygens (including phenoxy) is 1. The molecule has 6 nitrogen and oxygen atoms in total. The molecule has 1 aliphatic heterocycles. The fourth-order valence-electron chi connectivity index (χ4n) is 1.67. The van der Waals surface area contributed by atoms with Crippen LogP contribution in [-0.4, -0.2) is 60.1 Å². The first-order valence-corrected chi connectivity index (χ1v) is 5.68. The first-order valence-electron chi connectivity index (χ1n) is 5.68. The zero-order chi connectivity index (χ0) is 13.2. The van der Waals surface area contributed by atoms with Crippen LogP contribution < -0.4 is 5.73 Å². The summed E-state index contributed by atoms with van der Waals surface area (Å²) in [5, 5.41) is 0. The highest BCUT2D eigenvalue weighted by molar-refractivity contribution is 5.81.